The fraction of sp³-hybridized carbons (Fsp3) is 0.200. The molecule has 0 unspecified atom stereocenters. The number of pyridine rings is 2. The first kappa shape index (κ1) is 18.9. The van der Waals surface area contributed by atoms with Crippen molar-refractivity contribution in [2.24, 2.45) is 0 Å². The smallest absolute Gasteiger partial charge is 0.130 e. The number of anilines is 1. The highest BCUT2D eigenvalue weighted by atomic mass is 16.5. The maximum absolute atomic E-state index is 5.85. The molecule has 0 amide bonds. The van der Waals surface area contributed by atoms with Crippen LogP contribution in [-0.4, -0.2) is 17.0 Å². The third-order valence-corrected chi connectivity index (χ3v) is 5.09. The molecule has 2 aromatic heterocycles. The summed E-state index contributed by atoms with van der Waals surface area (Å²) >= 11 is 0. The second-order valence-corrected chi connectivity index (χ2v) is 7.01. The van der Waals surface area contributed by atoms with Crippen molar-refractivity contribution in [2.75, 3.05) is 12.4 Å². The molecule has 4 rings (SSSR count). The van der Waals surface area contributed by atoms with Crippen molar-refractivity contribution >= 4 is 16.7 Å². The highest BCUT2D eigenvalue weighted by molar-refractivity contribution is 5.80. The highest BCUT2D eigenvalue weighted by Crippen LogP contribution is 2.25. The molecule has 0 saturated heterocycles. The Bertz CT molecular complexity index is 1110. The van der Waals surface area contributed by atoms with Crippen LogP contribution in [0.3, 0.4) is 0 Å². The van der Waals surface area contributed by atoms with Gasteiger partial charge in [0.15, 0.2) is 0 Å². The molecule has 4 nitrogen and oxygen atoms in total. The minimum absolute atomic E-state index is 0.463. The van der Waals surface area contributed by atoms with E-state index in [9.17, 15) is 0 Å². The number of rotatable bonds is 7. The topological polar surface area (TPSA) is 47.0 Å². The lowest BCUT2D eigenvalue weighted by Crippen LogP contribution is -2.02. The number of benzene rings is 2. The molecule has 2 heterocycles. The summed E-state index contributed by atoms with van der Waals surface area (Å²) in [5, 5.41) is 4.34. The molecule has 0 spiro atoms. The summed E-state index contributed by atoms with van der Waals surface area (Å²) in [4.78, 5) is 9.26. The van der Waals surface area contributed by atoms with Crippen molar-refractivity contribution in [3.05, 3.63) is 95.3 Å². The molecule has 0 saturated carbocycles. The van der Waals surface area contributed by atoms with E-state index in [1.807, 2.05) is 55.7 Å². The molecular formula is C25H25N3O. The Morgan fingerprint density at radius 3 is 2.55 bits per heavy atom. The summed E-state index contributed by atoms with van der Waals surface area (Å²) in [6.07, 6.45) is 3.63. The van der Waals surface area contributed by atoms with Gasteiger partial charge < -0.3 is 10.1 Å². The average molecular weight is 383 g/mol. The number of aryl methyl sites for hydroxylation is 1. The number of hydrogen-bond donors (Lipinski definition) is 1. The van der Waals surface area contributed by atoms with Crippen molar-refractivity contribution in [1.29, 1.82) is 0 Å². The second kappa shape index (κ2) is 8.74. The molecule has 0 atom stereocenters. The Hall–Kier alpha value is -3.40. The lowest BCUT2D eigenvalue weighted by molar-refractivity contribution is 0.302. The lowest BCUT2D eigenvalue weighted by Gasteiger charge is -2.13. The molecule has 0 radical (unpaired) electrons. The van der Waals surface area contributed by atoms with Crippen molar-refractivity contribution < 1.29 is 4.74 Å². The van der Waals surface area contributed by atoms with E-state index in [1.54, 1.807) is 0 Å². The number of hydrogen-bond acceptors (Lipinski definition) is 4. The standard InChI is InChI=1S/C25H25N3O/c1-3-18-16-24-19(14-21(18)15-20-8-7-13-27-25(20)26-2)11-12-22(28-24)17-29-23-9-5-4-6-10-23/h4-14,16H,3,15,17H2,1-2H3,(H,26,27). The van der Waals surface area contributed by atoms with Crippen LogP contribution >= 0.6 is 0 Å². The molecule has 0 aliphatic heterocycles. The third-order valence-electron chi connectivity index (χ3n) is 5.09. The van der Waals surface area contributed by atoms with Crippen LogP contribution in [0.5, 0.6) is 5.75 Å². The van der Waals surface area contributed by atoms with Crippen molar-refractivity contribution in [3.8, 4) is 5.75 Å². The van der Waals surface area contributed by atoms with Crippen molar-refractivity contribution in [1.82, 2.24) is 9.97 Å². The number of nitrogens with zero attached hydrogens (tertiary/aromatic N) is 2. The molecule has 1 N–H and O–H groups in total. The van der Waals surface area contributed by atoms with E-state index in [0.717, 1.165) is 41.0 Å². The molecule has 146 valence electrons. The summed E-state index contributed by atoms with van der Waals surface area (Å²) in [6, 6.07) is 22.6. The van der Waals surface area contributed by atoms with Gasteiger partial charge in [0.25, 0.3) is 0 Å². The minimum Gasteiger partial charge on any atom is -0.487 e. The van der Waals surface area contributed by atoms with Crippen LogP contribution in [0.15, 0.2) is 72.9 Å². The number of para-hydroxylation sites is 1. The van der Waals surface area contributed by atoms with Gasteiger partial charge in [-0.25, -0.2) is 9.97 Å². The van der Waals surface area contributed by atoms with Crippen molar-refractivity contribution in [2.45, 2.75) is 26.4 Å². The maximum Gasteiger partial charge on any atom is 0.130 e. The zero-order chi connectivity index (χ0) is 20.1. The molecule has 0 aliphatic carbocycles. The van der Waals surface area contributed by atoms with Gasteiger partial charge >= 0.3 is 0 Å². The van der Waals surface area contributed by atoms with Gasteiger partial charge in [0.05, 0.1) is 11.2 Å². The van der Waals surface area contributed by atoms with Crippen LogP contribution in [0.25, 0.3) is 10.9 Å². The Labute approximate surface area is 171 Å². The first-order valence-electron chi connectivity index (χ1n) is 9.97. The van der Waals surface area contributed by atoms with E-state index in [1.165, 1.54) is 16.7 Å². The van der Waals surface area contributed by atoms with Gasteiger partial charge in [-0.15, -0.1) is 0 Å². The Kier molecular flexibility index (Phi) is 5.71. The van der Waals surface area contributed by atoms with Crippen LogP contribution in [-0.2, 0) is 19.4 Å². The van der Waals surface area contributed by atoms with E-state index in [4.69, 9.17) is 9.72 Å². The average Bonchev–Trinajstić information content (AvgIpc) is 2.78. The summed E-state index contributed by atoms with van der Waals surface area (Å²) in [5.41, 5.74) is 5.78. The van der Waals surface area contributed by atoms with E-state index >= 15 is 0 Å². The van der Waals surface area contributed by atoms with Gasteiger partial charge in [0.1, 0.15) is 18.2 Å². The first-order valence-corrected chi connectivity index (χ1v) is 9.97. The van der Waals surface area contributed by atoms with Gasteiger partial charge in [-0.2, -0.15) is 0 Å². The van der Waals surface area contributed by atoms with E-state index < -0.39 is 0 Å². The fourth-order valence-electron chi connectivity index (χ4n) is 3.56. The van der Waals surface area contributed by atoms with E-state index in [-0.39, 0.29) is 0 Å². The van der Waals surface area contributed by atoms with Gasteiger partial charge in [0.2, 0.25) is 0 Å². The summed E-state index contributed by atoms with van der Waals surface area (Å²) in [5.74, 6) is 1.79. The molecular weight excluding hydrogens is 358 g/mol. The molecule has 0 aliphatic rings. The highest BCUT2D eigenvalue weighted by Gasteiger charge is 2.10. The summed E-state index contributed by atoms with van der Waals surface area (Å²) in [6.45, 7) is 2.65. The SMILES string of the molecule is CCc1cc2nc(COc3ccccc3)ccc2cc1Cc1cccnc1NC. The monoisotopic (exact) mass is 383 g/mol. The van der Waals surface area contributed by atoms with Crippen LogP contribution in [0.1, 0.15) is 29.3 Å². The lowest BCUT2D eigenvalue weighted by atomic mass is 9.96. The Balaban J connectivity index is 1.61. The molecule has 0 bridgehead atoms. The van der Waals surface area contributed by atoms with Crippen molar-refractivity contribution in [3.63, 3.8) is 0 Å². The van der Waals surface area contributed by atoms with Gasteiger partial charge in [-0.1, -0.05) is 37.3 Å². The number of nitrogens with one attached hydrogen (secondary N) is 1. The van der Waals surface area contributed by atoms with Gasteiger partial charge in [-0.3, -0.25) is 0 Å². The van der Waals surface area contributed by atoms with Gasteiger partial charge in [0, 0.05) is 25.1 Å². The minimum atomic E-state index is 0.463. The Morgan fingerprint density at radius 1 is 0.897 bits per heavy atom. The first-order chi connectivity index (χ1) is 14.3. The van der Waals surface area contributed by atoms with Crippen LogP contribution in [0.4, 0.5) is 5.82 Å². The number of fused-ring (bicyclic) bond motifs is 1. The number of ether oxygens (including phenoxy) is 1. The quantitative estimate of drug-likeness (QED) is 0.464. The van der Waals surface area contributed by atoms with Crippen LogP contribution < -0.4 is 10.1 Å². The molecule has 4 aromatic rings. The summed E-state index contributed by atoms with van der Waals surface area (Å²) < 4.78 is 5.85. The zero-order valence-corrected chi connectivity index (χ0v) is 16.9. The largest absolute Gasteiger partial charge is 0.487 e. The van der Waals surface area contributed by atoms with Gasteiger partial charge in [-0.05, 0) is 59.5 Å². The predicted octanol–water partition coefficient (Wildman–Crippen LogP) is 5.40. The van der Waals surface area contributed by atoms with Crippen LogP contribution in [0, 0.1) is 0 Å². The molecule has 4 heteroatoms. The van der Waals surface area contributed by atoms with E-state index in [0.29, 0.717) is 6.61 Å². The van der Waals surface area contributed by atoms with E-state index in [2.05, 4.69) is 41.5 Å². The Morgan fingerprint density at radius 2 is 1.76 bits per heavy atom. The zero-order valence-electron chi connectivity index (χ0n) is 16.9. The maximum atomic E-state index is 5.85. The van der Waals surface area contributed by atoms with Crippen LogP contribution in [0.2, 0.25) is 0 Å². The fourth-order valence-corrected chi connectivity index (χ4v) is 3.56. The second-order valence-electron chi connectivity index (χ2n) is 7.01. The third kappa shape index (κ3) is 4.37. The normalized spacial score (nSPS) is 10.8. The molecule has 0 fully saturated rings. The predicted molar refractivity (Wildman–Crippen MR) is 118 cm³/mol. The molecule has 29 heavy (non-hydrogen) atoms. The summed E-state index contributed by atoms with van der Waals surface area (Å²) in [7, 11) is 1.91. The molecule has 2 aromatic carbocycles. The number of aromatic nitrogens is 2.